The van der Waals surface area contributed by atoms with Crippen molar-refractivity contribution in [3.05, 3.63) is 35.4 Å². The lowest BCUT2D eigenvalue weighted by molar-refractivity contribution is 0.0514. The van der Waals surface area contributed by atoms with Crippen molar-refractivity contribution >= 4 is 5.97 Å². The Labute approximate surface area is 114 Å². The van der Waals surface area contributed by atoms with Crippen LogP contribution in [0.4, 0.5) is 4.39 Å². The van der Waals surface area contributed by atoms with Gasteiger partial charge in [0, 0.05) is 19.4 Å². The molecule has 0 aromatic carbocycles. The van der Waals surface area contributed by atoms with Gasteiger partial charge >= 0.3 is 5.97 Å². The molecule has 6 nitrogen and oxygen atoms in total. The third-order valence-corrected chi connectivity index (χ3v) is 2.44. The average Bonchev–Trinajstić information content (AvgIpc) is 2.89. The molecular weight excluding hydrogens is 267 g/mol. The van der Waals surface area contributed by atoms with Gasteiger partial charge in [-0.25, -0.2) is 14.2 Å². The minimum Gasteiger partial charge on any atom is -0.461 e. The third-order valence-electron chi connectivity index (χ3n) is 2.44. The lowest BCUT2D eigenvalue weighted by Crippen LogP contribution is -2.04. The number of nitrogens with zero attached hydrogens (tertiary/aromatic N) is 2. The highest BCUT2D eigenvalue weighted by Crippen LogP contribution is 2.22. The number of rotatable bonds is 5. The van der Waals surface area contributed by atoms with E-state index in [1.807, 2.05) is 0 Å². The summed E-state index contributed by atoms with van der Waals surface area (Å²) in [6.45, 7) is 2.16. The van der Waals surface area contributed by atoms with Gasteiger partial charge < -0.3 is 14.0 Å². The highest BCUT2D eigenvalue weighted by molar-refractivity contribution is 5.88. The molecular formula is C13H13FN2O4. The van der Waals surface area contributed by atoms with E-state index in [-0.39, 0.29) is 30.4 Å². The molecule has 106 valence electrons. The van der Waals surface area contributed by atoms with Crippen molar-refractivity contribution in [1.82, 2.24) is 10.1 Å². The Hall–Kier alpha value is -2.28. The Morgan fingerprint density at radius 1 is 1.45 bits per heavy atom. The minimum absolute atomic E-state index is 0.0205. The highest BCUT2D eigenvalue weighted by atomic mass is 19.1. The lowest BCUT2D eigenvalue weighted by Gasteiger charge is -2.01. The van der Waals surface area contributed by atoms with E-state index in [1.54, 1.807) is 6.92 Å². The number of esters is 1. The normalized spacial score (nSPS) is 10.6. The van der Waals surface area contributed by atoms with E-state index in [4.69, 9.17) is 14.0 Å². The fourth-order valence-corrected chi connectivity index (χ4v) is 1.59. The topological polar surface area (TPSA) is 74.5 Å². The van der Waals surface area contributed by atoms with E-state index in [2.05, 4.69) is 10.1 Å². The summed E-state index contributed by atoms with van der Waals surface area (Å²) in [5, 5.41) is 3.53. The van der Waals surface area contributed by atoms with E-state index in [1.165, 1.54) is 25.4 Å². The van der Waals surface area contributed by atoms with Crippen molar-refractivity contribution < 1.29 is 23.2 Å². The quantitative estimate of drug-likeness (QED) is 0.782. The summed E-state index contributed by atoms with van der Waals surface area (Å²) in [5.74, 6) is -1.14. The van der Waals surface area contributed by atoms with Gasteiger partial charge in [-0.05, 0) is 18.6 Å². The van der Waals surface area contributed by atoms with Crippen molar-refractivity contribution in [2.24, 2.45) is 0 Å². The zero-order chi connectivity index (χ0) is 14.5. The molecule has 0 bridgehead atoms. The first-order valence-corrected chi connectivity index (χ1v) is 5.93. The van der Waals surface area contributed by atoms with Crippen LogP contribution in [0, 0.1) is 5.82 Å². The molecule has 0 amide bonds. The maximum atomic E-state index is 13.9. The number of methoxy groups -OCH3 is 1. The number of aromatic nitrogens is 2. The van der Waals surface area contributed by atoms with Gasteiger partial charge in [0.05, 0.1) is 13.2 Å². The van der Waals surface area contributed by atoms with Crippen molar-refractivity contribution in [1.29, 1.82) is 0 Å². The van der Waals surface area contributed by atoms with Crippen molar-refractivity contribution in [2.75, 3.05) is 13.7 Å². The van der Waals surface area contributed by atoms with Crippen LogP contribution in [0.25, 0.3) is 11.5 Å². The van der Waals surface area contributed by atoms with Gasteiger partial charge in [-0.2, -0.15) is 0 Å². The van der Waals surface area contributed by atoms with Crippen molar-refractivity contribution in [3.63, 3.8) is 0 Å². The molecule has 0 aliphatic rings. The number of hydrogen-bond acceptors (Lipinski definition) is 6. The molecule has 0 radical (unpaired) electrons. The molecule has 7 heteroatoms. The van der Waals surface area contributed by atoms with Crippen LogP contribution < -0.4 is 0 Å². The molecule has 0 aliphatic heterocycles. The Morgan fingerprint density at radius 2 is 2.25 bits per heavy atom. The van der Waals surface area contributed by atoms with Crippen molar-refractivity contribution in [2.45, 2.75) is 13.5 Å². The van der Waals surface area contributed by atoms with Gasteiger partial charge in [-0.1, -0.05) is 5.16 Å². The van der Waals surface area contributed by atoms with Crippen LogP contribution >= 0.6 is 0 Å². The van der Waals surface area contributed by atoms with Crippen LogP contribution in [0.5, 0.6) is 0 Å². The van der Waals surface area contributed by atoms with Crippen LogP contribution in [0.2, 0.25) is 0 Å². The molecule has 0 spiro atoms. The van der Waals surface area contributed by atoms with Gasteiger partial charge in [0.2, 0.25) is 0 Å². The first-order valence-electron chi connectivity index (χ1n) is 5.93. The summed E-state index contributed by atoms with van der Waals surface area (Å²) in [7, 11) is 1.51. The molecule has 2 rings (SSSR count). The minimum atomic E-state index is -0.626. The van der Waals surface area contributed by atoms with E-state index >= 15 is 0 Å². The predicted molar refractivity (Wildman–Crippen MR) is 66.4 cm³/mol. The molecule has 0 saturated heterocycles. The summed E-state index contributed by atoms with van der Waals surface area (Å²) in [6.07, 6.45) is 1.47. The number of ether oxygens (including phenoxy) is 2. The monoisotopic (exact) mass is 280 g/mol. The first kappa shape index (κ1) is 14.1. The zero-order valence-electron chi connectivity index (χ0n) is 11.1. The molecule has 2 heterocycles. The van der Waals surface area contributed by atoms with E-state index < -0.39 is 11.8 Å². The Morgan fingerprint density at radius 3 is 2.90 bits per heavy atom. The fraction of sp³-hybridized carbons (Fsp3) is 0.308. The summed E-state index contributed by atoms with van der Waals surface area (Å²) in [6, 6.07) is 2.58. The Kier molecular flexibility index (Phi) is 4.41. The number of hydrogen-bond donors (Lipinski definition) is 0. The van der Waals surface area contributed by atoms with Crippen LogP contribution in [-0.2, 0) is 16.1 Å². The summed E-state index contributed by atoms with van der Waals surface area (Å²) >= 11 is 0. The number of pyridine rings is 1. The Balaban J connectivity index is 2.26. The molecule has 0 N–H and O–H groups in total. The average molecular weight is 280 g/mol. The van der Waals surface area contributed by atoms with Crippen molar-refractivity contribution in [3.8, 4) is 11.5 Å². The number of carbonyl (C=O) groups excluding carboxylic acids is 1. The molecule has 0 fully saturated rings. The third kappa shape index (κ3) is 3.00. The maximum Gasteiger partial charge on any atom is 0.360 e. The molecule has 0 saturated carbocycles. The van der Waals surface area contributed by atoms with Crippen LogP contribution in [-0.4, -0.2) is 29.8 Å². The van der Waals surface area contributed by atoms with Crippen LogP contribution in [0.1, 0.15) is 23.0 Å². The van der Waals surface area contributed by atoms with E-state index in [9.17, 15) is 9.18 Å². The second kappa shape index (κ2) is 6.25. The summed E-state index contributed by atoms with van der Waals surface area (Å²) < 4.78 is 28.5. The van der Waals surface area contributed by atoms with E-state index in [0.717, 1.165) is 0 Å². The lowest BCUT2D eigenvalue weighted by atomic mass is 10.2. The maximum absolute atomic E-state index is 13.9. The highest BCUT2D eigenvalue weighted by Gasteiger charge is 2.18. The first-order chi connectivity index (χ1) is 9.65. The molecule has 2 aromatic heterocycles. The van der Waals surface area contributed by atoms with Gasteiger partial charge in [-0.15, -0.1) is 0 Å². The largest absolute Gasteiger partial charge is 0.461 e. The molecule has 2 aromatic rings. The fourth-order valence-electron chi connectivity index (χ4n) is 1.59. The second-order valence-corrected chi connectivity index (χ2v) is 3.90. The van der Waals surface area contributed by atoms with Crippen LogP contribution in [0.15, 0.2) is 22.9 Å². The SMILES string of the molecule is CCOC(=O)c1cc(-c2ncc(COC)cc2F)on1. The number of halogens is 1. The Bertz CT molecular complexity index is 612. The standard InChI is InChI=1S/C13H13FN2O4/c1-3-19-13(17)10-5-11(20-16-10)12-9(14)4-8(6-15-12)7-18-2/h4-6H,3,7H2,1-2H3. The molecule has 20 heavy (non-hydrogen) atoms. The second-order valence-electron chi connectivity index (χ2n) is 3.90. The van der Waals surface area contributed by atoms with Gasteiger partial charge in [0.15, 0.2) is 17.3 Å². The van der Waals surface area contributed by atoms with E-state index in [0.29, 0.717) is 5.56 Å². The van der Waals surface area contributed by atoms with Gasteiger partial charge in [0.1, 0.15) is 5.69 Å². The summed E-state index contributed by atoms with van der Waals surface area (Å²) in [4.78, 5) is 15.4. The molecule has 0 unspecified atom stereocenters. The number of carbonyl (C=O) groups is 1. The predicted octanol–water partition coefficient (Wildman–Crippen LogP) is 2.20. The smallest absolute Gasteiger partial charge is 0.360 e. The van der Waals surface area contributed by atoms with Gasteiger partial charge in [-0.3, -0.25) is 0 Å². The summed E-state index contributed by atoms with van der Waals surface area (Å²) in [5.41, 5.74) is 0.552. The molecule has 0 atom stereocenters. The molecule has 0 aliphatic carbocycles. The van der Waals surface area contributed by atoms with Gasteiger partial charge in [0.25, 0.3) is 0 Å². The zero-order valence-corrected chi connectivity index (χ0v) is 11.1. The van der Waals surface area contributed by atoms with Crippen LogP contribution in [0.3, 0.4) is 0 Å².